The first kappa shape index (κ1) is 7.28. The van der Waals surface area contributed by atoms with Crippen LogP contribution >= 0.6 is 21.6 Å². The van der Waals surface area contributed by atoms with E-state index in [2.05, 4.69) is 0 Å². The smallest absolute Gasteiger partial charge is 0.209 e. The van der Waals surface area contributed by atoms with Gasteiger partial charge in [0, 0.05) is 18.6 Å². The van der Waals surface area contributed by atoms with Crippen LogP contribution < -0.4 is 0 Å². The molecule has 2 nitrogen and oxygen atoms in total. The fraction of sp³-hybridized carbons (Fsp3) is 0.800. The second kappa shape index (κ2) is 3.37. The van der Waals surface area contributed by atoms with Crippen molar-refractivity contribution in [1.29, 1.82) is 0 Å². The van der Waals surface area contributed by atoms with E-state index in [1.165, 1.54) is 0 Å². The Morgan fingerprint density at radius 3 is 2.56 bits per heavy atom. The quantitative estimate of drug-likeness (QED) is 0.444. The van der Waals surface area contributed by atoms with E-state index in [1.807, 2.05) is 28.6 Å². The van der Waals surface area contributed by atoms with Gasteiger partial charge in [0.25, 0.3) is 0 Å². The molecule has 0 aromatic heterocycles. The molecular weight excluding hydrogens is 154 g/mol. The Balaban J connectivity index is 2.32. The molecule has 1 fully saturated rings. The van der Waals surface area contributed by atoms with Gasteiger partial charge in [0.1, 0.15) is 0 Å². The molecule has 0 unspecified atom stereocenters. The minimum atomic E-state index is 0.470. The van der Waals surface area contributed by atoms with Crippen molar-refractivity contribution >= 4 is 28.0 Å². The predicted octanol–water partition coefficient (Wildman–Crippen LogP) is 0.838. The molecule has 9 heavy (non-hydrogen) atoms. The topological polar surface area (TPSA) is 20.3 Å². The van der Waals surface area contributed by atoms with E-state index in [1.54, 1.807) is 4.90 Å². The Labute approximate surface area is 62.8 Å². The highest BCUT2D eigenvalue weighted by Gasteiger charge is 2.18. The molecule has 1 aliphatic rings. The molecule has 0 saturated carbocycles. The van der Waals surface area contributed by atoms with Crippen molar-refractivity contribution in [2.45, 2.75) is 6.04 Å². The highest BCUT2D eigenvalue weighted by Crippen LogP contribution is 2.32. The summed E-state index contributed by atoms with van der Waals surface area (Å²) in [6.45, 7) is 0. The number of rotatable bonds is 2. The molecule has 0 aromatic carbocycles. The third-order valence-corrected chi connectivity index (χ3v) is 3.87. The average Bonchev–Trinajstić information content (AvgIpc) is 2.37. The molecule has 1 rings (SSSR count). The van der Waals surface area contributed by atoms with Crippen LogP contribution in [0.25, 0.3) is 0 Å². The number of hydrogen-bond acceptors (Lipinski definition) is 3. The lowest BCUT2D eigenvalue weighted by Crippen LogP contribution is -2.31. The summed E-state index contributed by atoms with van der Waals surface area (Å²) in [7, 11) is 5.52. The lowest BCUT2D eigenvalue weighted by molar-refractivity contribution is -0.118. The van der Waals surface area contributed by atoms with E-state index < -0.39 is 0 Å². The second-order valence-electron chi connectivity index (χ2n) is 1.99. The van der Waals surface area contributed by atoms with Gasteiger partial charge in [-0.15, -0.1) is 0 Å². The third kappa shape index (κ3) is 1.79. The maximum atomic E-state index is 10.2. The molecule has 1 saturated heterocycles. The van der Waals surface area contributed by atoms with Crippen molar-refractivity contribution in [3.63, 3.8) is 0 Å². The zero-order valence-electron chi connectivity index (χ0n) is 5.24. The molecule has 0 atom stereocenters. The summed E-state index contributed by atoms with van der Waals surface area (Å²) in [5.41, 5.74) is 0. The largest absolute Gasteiger partial charge is 0.344 e. The summed E-state index contributed by atoms with van der Waals surface area (Å²) < 4.78 is 0. The molecular formula is C5H9NOS2. The minimum Gasteiger partial charge on any atom is -0.344 e. The number of nitrogens with zero attached hydrogens (tertiary/aromatic N) is 1. The average molecular weight is 163 g/mol. The van der Waals surface area contributed by atoms with E-state index in [0.29, 0.717) is 6.04 Å². The number of hydrogen-bond donors (Lipinski definition) is 0. The number of carbonyl (C=O) groups excluding carboxylic acids is 1. The van der Waals surface area contributed by atoms with Crippen molar-refractivity contribution in [2.75, 3.05) is 18.6 Å². The lowest BCUT2D eigenvalue weighted by Gasteiger charge is -2.16. The van der Waals surface area contributed by atoms with Gasteiger partial charge >= 0.3 is 0 Å². The van der Waals surface area contributed by atoms with Gasteiger partial charge in [0.2, 0.25) is 6.41 Å². The summed E-state index contributed by atoms with van der Waals surface area (Å²) >= 11 is 0. The Morgan fingerprint density at radius 2 is 2.11 bits per heavy atom. The molecule has 1 amide bonds. The lowest BCUT2D eigenvalue weighted by atomic mass is 10.4. The molecule has 0 spiro atoms. The minimum absolute atomic E-state index is 0.470. The van der Waals surface area contributed by atoms with E-state index >= 15 is 0 Å². The number of carbonyl (C=O) groups is 1. The van der Waals surface area contributed by atoms with Crippen LogP contribution in [0.15, 0.2) is 0 Å². The van der Waals surface area contributed by atoms with Crippen LogP contribution in [0.3, 0.4) is 0 Å². The van der Waals surface area contributed by atoms with Crippen LogP contribution in [0.5, 0.6) is 0 Å². The summed E-state index contributed by atoms with van der Waals surface area (Å²) in [5, 5.41) is 0. The molecule has 0 bridgehead atoms. The predicted molar refractivity (Wildman–Crippen MR) is 42.5 cm³/mol. The van der Waals surface area contributed by atoms with Crippen LogP contribution in [0.2, 0.25) is 0 Å². The number of amides is 1. The van der Waals surface area contributed by atoms with Crippen LogP contribution in [-0.2, 0) is 4.79 Å². The van der Waals surface area contributed by atoms with Crippen molar-refractivity contribution < 1.29 is 4.79 Å². The van der Waals surface area contributed by atoms with Gasteiger partial charge in [-0.1, -0.05) is 21.6 Å². The third-order valence-electron chi connectivity index (χ3n) is 1.35. The van der Waals surface area contributed by atoms with Crippen LogP contribution in [0, 0.1) is 0 Å². The normalized spacial score (nSPS) is 20.1. The van der Waals surface area contributed by atoms with Gasteiger partial charge in [-0.25, -0.2) is 0 Å². The molecule has 1 heterocycles. The van der Waals surface area contributed by atoms with E-state index in [4.69, 9.17) is 0 Å². The molecule has 0 aliphatic carbocycles. The van der Waals surface area contributed by atoms with Crippen molar-refractivity contribution in [1.82, 2.24) is 4.90 Å². The molecule has 0 N–H and O–H groups in total. The zero-order chi connectivity index (χ0) is 6.69. The summed E-state index contributed by atoms with van der Waals surface area (Å²) in [6, 6.07) is 0.470. The van der Waals surface area contributed by atoms with E-state index in [-0.39, 0.29) is 0 Å². The Morgan fingerprint density at radius 1 is 1.56 bits per heavy atom. The first-order chi connectivity index (χ1) is 4.34. The highest BCUT2D eigenvalue weighted by molar-refractivity contribution is 8.77. The second-order valence-corrected chi connectivity index (χ2v) is 4.55. The molecule has 1 aliphatic heterocycles. The van der Waals surface area contributed by atoms with Gasteiger partial charge in [0.15, 0.2) is 0 Å². The van der Waals surface area contributed by atoms with Crippen molar-refractivity contribution in [3.8, 4) is 0 Å². The van der Waals surface area contributed by atoms with Crippen LogP contribution in [-0.4, -0.2) is 35.9 Å². The van der Waals surface area contributed by atoms with Crippen molar-refractivity contribution in [2.24, 2.45) is 0 Å². The Hall–Kier alpha value is 0.170. The maximum absolute atomic E-state index is 10.2. The molecule has 52 valence electrons. The van der Waals surface area contributed by atoms with Gasteiger partial charge in [0.05, 0.1) is 6.04 Å². The van der Waals surface area contributed by atoms with Crippen molar-refractivity contribution in [3.05, 3.63) is 0 Å². The molecule has 0 radical (unpaired) electrons. The first-order valence-electron chi connectivity index (χ1n) is 2.76. The maximum Gasteiger partial charge on any atom is 0.209 e. The fourth-order valence-corrected chi connectivity index (χ4v) is 3.50. The zero-order valence-corrected chi connectivity index (χ0v) is 6.87. The fourth-order valence-electron chi connectivity index (χ4n) is 0.623. The van der Waals surface area contributed by atoms with Gasteiger partial charge < -0.3 is 4.90 Å². The summed E-state index contributed by atoms with van der Waals surface area (Å²) in [6.07, 6.45) is 0.900. The summed E-state index contributed by atoms with van der Waals surface area (Å²) in [4.78, 5) is 11.9. The molecule has 0 aromatic rings. The summed E-state index contributed by atoms with van der Waals surface area (Å²) in [5.74, 6) is 2.17. The highest BCUT2D eigenvalue weighted by atomic mass is 33.1. The first-order valence-corrected chi connectivity index (χ1v) is 5.25. The van der Waals surface area contributed by atoms with E-state index in [0.717, 1.165) is 17.9 Å². The Kier molecular flexibility index (Phi) is 2.72. The van der Waals surface area contributed by atoms with Crippen LogP contribution in [0.1, 0.15) is 0 Å². The van der Waals surface area contributed by atoms with Gasteiger partial charge in [-0.2, -0.15) is 0 Å². The Bertz CT molecular complexity index is 103. The molecule has 4 heteroatoms. The standard InChI is InChI=1S/C5H9NOS2/c1-6(4-7)5-2-8-9-3-5/h4-5H,2-3H2,1H3. The van der Waals surface area contributed by atoms with Gasteiger partial charge in [-0.05, 0) is 0 Å². The van der Waals surface area contributed by atoms with E-state index in [9.17, 15) is 4.79 Å². The monoisotopic (exact) mass is 163 g/mol. The van der Waals surface area contributed by atoms with Crippen LogP contribution in [0.4, 0.5) is 0 Å². The SMILES string of the molecule is CN(C=O)C1CSSC1. The van der Waals surface area contributed by atoms with Gasteiger partial charge in [-0.3, -0.25) is 4.79 Å².